The third-order valence-electron chi connectivity index (χ3n) is 3.32. The van der Waals surface area contributed by atoms with Gasteiger partial charge in [0.2, 0.25) is 0 Å². The molecule has 4 heteroatoms. The largest absolute Gasteiger partial charge is 0.494 e. The Hall–Kier alpha value is -1.10. The highest BCUT2D eigenvalue weighted by Crippen LogP contribution is 2.20. The molecular weight excluding hydrogens is 254 g/mol. The van der Waals surface area contributed by atoms with Gasteiger partial charge in [0, 0.05) is 13.1 Å². The summed E-state index contributed by atoms with van der Waals surface area (Å²) in [5, 5.41) is 19.1. The van der Waals surface area contributed by atoms with Crippen molar-refractivity contribution in [1.82, 2.24) is 4.90 Å². The van der Waals surface area contributed by atoms with Crippen LogP contribution < -0.4 is 4.74 Å². The van der Waals surface area contributed by atoms with Crippen LogP contribution in [0.3, 0.4) is 0 Å². The number of hydrogen-bond acceptors (Lipinski definition) is 4. The predicted octanol–water partition coefficient (Wildman–Crippen LogP) is 2.21. The number of aliphatic hydroxyl groups is 2. The van der Waals surface area contributed by atoms with Crippen LogP contribution in [-0.4, -0.2) is 48.0 Å². The Morgan fingerprint density at radius 2 is 1.85 bits per heavy atom. The fraction of sp³-hybridized carbons (Fsp3) is 0.625. The van der Waals surface area contributed by atoms with Crippen molar-refractivity contribution >= 4 is 0 Å². The van der Waals surface area contributed by atoms with Crippen LogP contribution in [0.5, 0.6) is 5.75 Å². The summed E-state index contributed by atoms with van der Waals surface area (Å²) in [4.78, 5) is 2.13. The van der Waals surface area contributed by atoms with Gasteiger partial charge in [0.25, 0.3) is 0 Å². The molecule has 0 bridgehead atoms. The van der Waals surface area contributed by atoms with Crippen molar-refractivity contribution in [2.45, 2.75) is 32.8 Å². The van der Waals surface area contributed by atoms with Gasteiger partial charge < -0.3 is 19.8 Å². The van der Waals surface area contributed by atoms with Crippen molar-refractivity contribution in [3.8, 4) is 5.75 Å². The molecule has 4 nitrogen and oxygen atoms in total. The normalized spacial score (nSPS) is 12.7. The molecule has 0 aliphatic heterocycles. The first-order valence-corrected chi connectivity index (χ1v) is 7.45. The van der Waals surface area contributed by atoms with E-state index in [1.807, 2.05) is 24.3 Å². The Bertz CT molecular complexity index is 353. The summed E-state index contributed by atoms with van der Waals surface area (Å²) < 4.78 is 5.52. The Labute approximate surface area is 122 Å². The smallest absolute Gasteiger partial charge is 0.119 e. The second-order valence-electron chi connectivity index (χ2n) is 4.88. The summed E-state index contributed by atoms with van der Waals surface area (Å²) in [6.07, 6.45) is 1.19. The number of nitrogens with zero attached hydrogens (tertiary/aromatic N) is 1. The Balaban J connectivity index is 2.44. The van der Waals surface area contributed by atoms with Crippen LogP contribution in [0.1, 0.15) is 38.4 Å². The Morgan fingerprint density at radius 1 is 1.15 bits per heavy atom. The van der Waals surface area contributed by atoms with Gasteiger partial charge >= 0.3 is 0 Å². The molecular formula is C16H27NO3. The van der Waals surface area contributed by atoms with Crippen LogP contribution >= 0.6 is 0 Å². The van der Waals surface area contributed by atoms with Crippen LogP contribution in [-0.2, 0) is 0 Å². The number of aliphatic hydroxyl groups excluding tert-OH is 2. The molecule has 1 aromatic rings. The summed E-state index contributed by atoms with van der Waals surface area (Å²) in [7, 11) is 0. The average Bonchev–Trinajstić information content (AvgIpc) is 2.49. The van der Waals surface area contributed by atoms with Gasteiger partial charge in [0.05, 0.1) is 19.3 Å². The summed E-state index contributed by atoms with van der Waals surface area (Å²) >= 11 is 0. The van der Waals surface area contributed by atoms with Crippen LogP contribution in [0.15, 0.2) is 24.3 Å². The lowest BCUT2D eigenvalue weighted by atomic mass is 10.1. The van der Waals surface area contributed by atoms with E-state index in [-0.39, 0.29) is 6.61 Å². The first-order chi connectivity index (χ1) is 9.71. The van der Waals surface area contributed by atoms with Crippen LogP contribution in [0.2, 0.25) is 0 Å². The number of benzene rings is 1. The molecule has 0 saturated carbocycles. The molecule has 1 aromatic carbocycles. The van der Waals surface area contributed by atoms with Crippen molar-refractivity contribution in [1.29, 1.82) is 0 Å². The second-order valence-corrected chi connectivity index (χ2v) is 4.88. The van der Waals surface area contributed by atoms with E-state index in [9.17, 15) is 5.11 Å². The molecule has 0 amide bonds. The Morgan fingerprint density at radius 3 is 2.40 bits per heavy atom. The van der Waals surface area contributed by atoms with Crippen molar-refractivity contribution < 1.29 is 14.9 Å². The molecule has 0 aliphatic carbocycles. The van der Waals surface area contributed by atoms with Gasteiger partial charge in [-0.1, -0.05) is 26.0 Å². The van der Waals surface area contributed by atoms with Crippen LogP contribution in [0.25, 0.3) is 0 Å². The van der Waals surface area contributed by atoms with E-state index >= 15 is 0 Å². The molecule has 20 heavy (non-hydrogen) atoms. The van der Waals surface area contributed by atoms with Gasteiger partial charge in [-0.15, -0.1) is 0 Å². The minimum atomic E-state index is -0.469. The lowest BCUT2D eigenvalue weighted by molar-refractivity contribution is 0.133. The zero-order valence-corrected chi connectivity index (χ0v) is 12.6. The number of hydrogen-bond donors (Lipinski definition) is 2. The molecule has 0 saturated heterocycles. The fourth-order valence-electron chi connectivity index (χ4n) is 2.05. The molecule has 0 heterocycles. The molecule has 0 aliphatic rings. The van der Waals surface area contributed by atoms with E-state index < -0.39 is 6.10 Å². The van der Waals surface area contributed by atoms with Gasteiger partial charge in [-0.2, -0.15) is 0 Å². The van der Waals surface area contributed by atoms with Gasteiger partial charge in [0.1, 0.15) is 5.75 Å². The van der Waals surface area contributed by atoms with Crippen molar-refractivity contribution in [2.24, 2.45) is 0 Å². The monoisotopic (exact) mass is 281 g/mol. The summed E-state index contributed by atoms with van der Waals surface area (Å²) in [5.74, 6) is 0.846. The summed E-state index contributed by atoms with van der Waals surface area (Å²) in [5.41, 5.74) is 0.911. The number of rotatable bonds is 10. The van der Waals surface area contributed by atoms with E-state index in [1.165, 1.54) is 0 Å². The first-order valence-electron chi connectivity index (χ1n) is 7.45. The van der Waals surface area contributed by atoms with E-state index in [0.29, 0.717) is 19.6 Å². The first kappa shape index (κ1) is 17.0. The van der Waals surface area contributed by atoms with Crippen LogP contribution in [0, 0.1) is 0 Å². The highest BCUT2D eigenvalue weighted by Gasteiger charge is 2.10. The topological polar surface area (TPSA) is 52.9 Å². The molecule has 0 spiro atoms. The van der Waals surface area contributed by atoms with Gasteiger partial charge in [-0.25, -0.2) is 0 Å². The molecule has 0 fully saturated rings. The van der Waals surface area contributed by atoms with E-state index in [2.05, 4.69) is 18.7 Å². The third-order valence-corrected chi connectivity index (χ3v) is 3.32. The van der Waals surface area contributed by atoms with Gasteiger partial charge in [0.15, 0.2) is 0 Å². The lowest BCUT2D eigenvalue weighted by Gasteiger charge is -2.21. The molecule has 0 radical (unpaired) electrons. The molecule has 1 atom stereocenters. The maximum absolute atomic E-state index is 10.2. The molecule has 0 aromatic heterocycles. The third kappa shape index (κ3) is 5.90. The molecule has 114 valence electrons. The summed E-state index contributed by atoms with van der Waals surface area (Å²) in [6, 6.07) is 7.63. The van der Waals surface area contributed by atoms with Gasteiger partial charge in [-0.05, 0) is 37.1 Å². The van der Waals surface area contributed by atoms with Crippen molar-refractivity contribution in [2.75, 3.05) is 32.8 Å². The number of ether oxygens (including phenoxy) is 1. The average molecular weight is 281 g/mol. The lowest BCUT2D eigenvalue weighted by Crippen LogP contribution is -2.28. The Kier molecular flexibility index (Phi) is 8.26. The zero-order chi connectivity index (χ0) is 14.8. The SMILES string of the molecule is CCCOc1ccc(C(O)CCN(CC)CCO)cc1. The van der Waals surface area contributed by atoms with Crippen molar-refractivity contribution in [3.63, 3.8) is 0 Å². The van der Waals surface area contributed by atoms with E-state index in [4.69, 9.17) is 9.84 Å². The highest BCUT2D eigenvalue weighted by atomic mass is 16.5. The zero-order valence-electron chi connectivity index (χ0n) is 12.6. The number of likely N-dealkylation sites (N-methyl/N-ethyl adjacent to an activating group) is 1. The fourth-order valence-corrected chi connectivity index (χ4v) is 2.05. The quantitative estimate of drug-likeness (QED) is 0.690. The standard InChI is InChI=1S/C16H27NO3/c1-3-13-20-15-7-5-14(6-8-15)16(19)9-10-17(4-2)11-12-18/h5-8,16,18-19H,3-4,9-13H2,1-2H3. The predicted molar refractivity (Wildman–Crippen MR) is 81.0 cm³/mol. The van der Waals surface area contributed by atoms with Crippen LogP contribution in [0.4, 0.5) is 0 Å². The minimum Gasteiger partial charge on any atom is -0.494 e. The second kappa shape index (κ2) is 9.75. The van der Waals surface area contributed by atoms with Gasteiger partial charge in [-0.3, -0.25) is 0 Å². The highest BCUT2D eigenvalue weighted by molar-refractivity contribution is 5.28. The van der Waals surface area contributed by atoms with E-state index in [0.717, 1.165) is 30.8 Å². The molecule has 2 N–H and O–H groups in total. The minimum absolute atomic E-state index is 0.160. The maximum Gasteiger partial charge on any atom is 0.119 e. The van der Waals surface area contributed by atoms with E-state index in [1.54, 1.807) is 0 Å². The van der Waals surface area contributed by atoms with Crippen molar-refractivity contribution in [3.05, 3.63) is 29.8 Å². The molecule has 1 unspecified atom stereocenters. The molecule has 1 rings (SSSR count). The maximum atomic E-state index is 10.2. The summed E-state index contributed by atoms with van der Waals surface area (Å²) in [6.45, 7) is 7.34.